The molecule has 0 fully saturated rings. The third-order valence-electron chi connectivity index (χ3n) is 3.25. The van der Waals surface area contributed by atoms with E-state index in [4.69, 9.17) is 14.9 Å². The number of fused-ring (bicyclic) bond motifs is 2. The van der Waals surface area contributed by atoms with E-state index >= 15 is 0 Å². The van der Waals surface area contributed by atoms with Crippen LogP contribution < -0.4 is 10.5 Å². The second-order valence-corrected chi connectivity index (χ2v) is 5.65. The molecule has 0 spiro atoms. The second-order valence-electron chi connectivity index (χ2n) is 4.59. The van der Waals surface area contributed by atoms with Crippen molar-refractivity contribution in [2.75, 3.05) is 12.8 Å². The van der Waals surface area contributed by atoms with Crippen LogP contribution in [-0.2, 0) is 0 Å². The Morgan fingerprint density at radius 1 is 1.10 bits per heavy atom. The standard InChI is InChI=1S/C15H11N3O2S/c1-19-9-3-5-12-11(7-9)17-14(20-12)8-2-4-10-13(6-8)21-15(16)18-10/h2-7H,1H3,(H2,16,18). The quantitative estimate of drug-likeness (QED) is 0.610. The van der Waals surface area contributed by atoms with E-state index in [1.165, 1.54) is 11.3 Å². The van der Waals surface area contributed by atoms with Crippen LogP contribution in [0, 0.1) is 0 Å². The summed E-state index contributed by atoms with van der Waals surface area (Å²) in [5.41, 5.74) is 9.02. The summed E-state index contributed by atoms with van der Waals surface area (Å²) < 4.78 is 12.0. The highest BCUT2D eigenvalue weighted by molar-refractivity contribution is 7.22. The Morgan fingerprint density at radius 2 is 2.00 bits per heavy atom. The summed E-state index contributed by atoms with van der Waals surface area (Å²) in [5.74, 6) is 1.33. The van der Waals surface area contributed by atoms with Gasteiger partial charge >= 0.3 is 0 Å². The fourth-order valence-corrected chi connectivity index (χ4v) is 3.01. The van der Waals surface area contributed by atoms with Crippen LogP contribution in [-0.4, -0.2) is 17.1 Å². The molecule has 21 heavy (non-hydrogen) atoms. The third kappa shape index (κ3) is 2.00. The van der Waals surface area contributed by atoms with Crippen LogP contribution in [0.4, 0.5) is 5.13 Å². The van der Waals surface area contributed by atoms with Gasteiger partial charge in [0.2, 0.25) is 5.89 Å². The van der Waals surface area contributed by atoms with Crippen molar-refractivity contribution < 1.29 is 9.15 Å². The monoisotopic (exact) mass is 297 g/mol. The van der Waals surface area contributed by atoms with Gasteiger partial charge in [-0.25, -0.2) is 9.97 Å². The Kier molecular flexibility index (Phi) is 2.58. The number of nitrogens with zero attached hydrogens (tertiary/aromatic N) is 2. The van der Waals surface area contributed by atoms with Gasteiger partial charge in [-0.2, -0.15) is 0 Å². The lowest BCUT2D eigenvalue weighted by Crippen LogP contribution is -1.81. The molecule has 4 aromatic rings. The molecule has 0 saturated carbocycles. The Hall–Kier alpha value is -2.60. The van der Waals surface area contributed by atoms with Crippen LogP contribution in [0.2, 0.25) is 0 Å². The lowest BCUT2D eigenvalue weighted by molar-refractivity contribution is 0.415. The van der Waals surface area contributed by atoms with Crippen LogP contribution >= 0.6 is 11.3 Å². The minimum atomic E-state index is 0.560. The third-order valence-corrected chi connectivity index (χ3v) is 4.09. The molecule has 5 nitrogen and oxygen atoms in total. The number of aromatic nitrogens is 2. The van der Waals surface area contributed by atoms with Crippen molar-refractivity contribution in [3.8, 4) is 17.2 Å². The number of nitrogen functional groups attached to an aromatic ring is 1. The van der Waals surface area contributed by atoms with Gasteiger partial charge in [0.05, 0.1) is 17.3 Å². The maximum absolute atomic E-state index is 5.80. The molecule has 0 radical (unpaired) electrons. The Balaban J connectivity index is 1.86. The molecule has 0 amide bonds. The van der Waals surface area contributed by atoms with Gasteiger partial charge in [-0.1, -0.05) is 11.3 Å². The van der Waals surface area contributed by atoms with E-state index in [1.807, 2.05) is 36.4 Å². The molecular weight excluding hydrogens is 286 g/mol. The minimum Gasteiger partial charge on any atom is -0.497 e. The van der Waals surface area contributed by atoms with Crippen molar-refractivity contribution in [1.82, 2.24) is 9.97 Å². The summed E-state index contributed by atoms with van der Waals surface area (Å²) in [6.07, 6.45) is 0. The van der Waals surface area contributed by atoms with Crippen molar-refractivity contribution in [3.05, 3.63) is 36.4 Å². The molecule has 0 aliphatic heterocycles. The minimum absolute atomic E-state index is 0.560. The average molecular weight is 297 g/mol. The van der Waals surface area contributed by atoms with Crippen molar-refractivity contribution in [2.24, 2.45) is 0 Å². The van der Waals surface area contributed by atoms with E-state index in [1.54, 1.807) is 7.11 Å². The summed E-state index contributed by atoms with van der Waals surface area (Å²) in [4.78, 5) is 8.75. The highest BCUT2D eigenvalue weighted by Crippen LogP contribution is 2.31. The Labute approximate surface area is 124 Å². The van der Waals surface area contributed by atoms with Gasteiger partial charge in [0, 0.05) is 11.6 Å². The topological polar surface area (TPSA) is 74.2 Å². The van der Waals surface area contributed by atoms with Crippen LogP contribution in [0.1, 0.15) is 0 Å². The predicted octanol–water partition coefficient (Wildman–Crippen LogP) is 3.70. The predicted molar refractivity (Wildman–Crippen MR) is 83.6 cm³/mol. The molecule has 0 unspecified atom stereocenters. The van der Waals surface area contributed by atoms with Gasteiger partial charge < -0.3 is 14.9 Å². The van der Waals surface area contributed by atoms with Crippen LogP contribution in [0.3, 0.4) is 0 Å². The smallest absolute Gasteiger partial charge is 0.227 e. The highest BCUT2D eigenvalue weighted by Gasteiger charge is 2.11. The second kappa shape index (κ2) is 4.46. The summed E-state index contributed by atoms with van der Waals surface area (Å²) in [6, 6.07) is 11.4. The van der Waals surface area contributed by atoms with Gasteiger partial charge in [0.25, 0.3) is 0 Å². The van der Waals surface area contributed by atoms with Gasteiger partial charge in [-0.15, -0.1) is 0 Å². The van der Waals surface area contributed by atoms with Gasteiger partial charge in [-0.05, 0) is 30.3 Å². The number of methoxy groups -OCH3 is 1. The first kappa shape index (κ1) is 12.2. The molecule has 0 aliphatic rings. The maximum atomic E-state index is 5.80. The zero-order valence-electron chi connectivity index (χ0n) is 11.2. The number of nitrogens with two attached hydrogens (primary N) is 1. The molecule has 0 bridgehead atoms. The zero-order chi connectivity index (χ0) is 14.4. The summed E-state index contributed by atoms with van der Waals surface area (Å²) >= 11 is 1.45. The zero-order valence-corrected chi connectivity index (χ0v) is 12.0. The molecule has 2 heterocycles. The van der Waals surface area contributed by atoms with Crippen LogP contribution in [0.15, 0.2) is 40.8 Å². The largest absolute Gasteiger partial charge is 0.497 e. The lowest BCUT2D eigenvalue weighted by Gasteiger charge is -1.95. The fraction of sp³-hybridized carbons (Fsp3) is 0.0667. The number of anilines is 1. The first-order valence-electron chi connectivity index (χ1n) is 6.34. The number of hydrogen-bond acceptors (Lipinski definition) is 6. The number of oxazole rings is 1. The van der Waals surface area contributed by atoms with E-state index < -0.39 is 0 Å². The van der Waals surface area contributed by atoms with Gasteiger partial charge in [0.15, 0.2) is 10.7 Å². The van der Waals surface area contributed by atoms with Crippen molar-refractivity contribution in [3.63, 3.8) is 0 Å². The fourth-order valence-electron chi connectivity index (χ4n) is 2.23. The number of thiazole rings is 1. The molecule has 104 valence electrons. The molecule has 2 N–H and O–H groups in total. The molecule has 4 rings (SSSR count). The number of ether oxygens (including phenoxy) is 1. The Bertz CT molecular complexity index is 958. The molecule has 6 heteroatoms. The van der Waals surface area contributed by atoms with Crippen molar-refractivity contribution >= 4 is 37.8 Å². The first-order valence-corrected chi connectivity index (χ1v) is 7.15. The maximum Gasteiger partial charge on any atom is 0.227 e. The van der Waals surface area contributed by atoms with Crippen molar-refractivity contribution in [1.29, 1.82) is 0 Å². The Morgan fingerprint density at radius 3 is 2.86 bits per heavy atom. The first-order chi connectivity index (χ1) is 10.2. The number of rotatable bonds is 2. The van der Waals surface area contributed by atoms with Crippen LogP contribution in [0.25, 0.3) is 32.8 Å². The lowest BCUT2D eigenvalue weighted by atomic mass is 10.2. The van der Waals surface area contributed by atoms with Crippen molar-refractivity contribution in [2.45, 2.75) is 0 Å². The van der Waals surface area contributed by atoms with E-state index in [0.29, 0.717) is 11.0 Å². The van der Waals surface area contributed by atoms with Crippen LogP contribution in [0.5, 0.6) is 5.75 Å². The normalized spacial score (nSPS) is 11.3. The molecule has 2 aromatic carbocycles. The molecule has 0 atom stereocenters. The van der Waals surface area contributed by atoms with E-state index in [0.717, 1.165) is 32.6 Å². The molecule has 0 saturated heterocycles. The number of hydrogen-bond donors (Lipinski definition) is 1. The summed E-state index contributed by atoms with van der Waals surface area (Å²) in [5, 5.41) is 0.560. The summed E-state index contributed by atoms with van der Waals surface area (Å²) in [7, 11) is 1.63. The highest BCUT2D eigenvalue weighted by atomic mass is 32.1. The van der Waals surface area contributed by atoms with E-state index in [2.05, 4.69) is 9.97 Å². The van der Waals surface area contributed by atoms with Gasteiger partial charge in [0.1, 0.15) is 11.3 Å². The molecule has 2 aromatic heterocycles. The molecular formula is C15H11N3O2S. The number of benzene rings is 2. The average Bonchev–Trinajstić information content (AvgIpc) is 3.07. The van der Waals surface area contributed by atoms with E-state index in [9.17, 15) is 0 Å². The summed E-state index contributed by atoms with van der Waals surface area (Å²) in [6.45, 7) is 0. The van der Waals surface area contributed by atoms with E-state index in [-0.39, 0.29) is 0 Å². The molecule has 0 aliphatic carbocycles. The SMILES string of the molecule is COc1ccc2oc(-c3ccc4nc(N)sc4c3)nc2c1. The van der Waals surface area contributed by atoms with Gasteiger partial charge in [-0.3, -0.25) is 0 Å².